The van der Waals surface area contributed by atoms with Crippen LogP contribution < -0.4 is 0 Å². The average molecular weight is 1420 g/mol. The molecule has 0 aromatic heterocycles. The van der Waals surface area contributed by atoms with Gasteiger partial charge >= 0.3 is 10.4 Å². The van der Waals surface area contributed by atoms with Crippen molar-refractivity contribution < 1.29 is 76.3 Å². The fourth-order valence-corrected chi connectivity index (χ4v) is 15.0. The summed E-state index contributed by atoms with van der Waals surface area (Å²) in [5, 5.41) is 0. The summed E-state index contributed by atoms with van der Waals surface area (Å²) in [6, 6.07) is 0. The van der Waals surface area contributed by atoms with Crippen molar-refractivity contribution >= 4 is 30.6 Å². The molecule has 20 heteroatoms. The van der Waals surface area contributed by atoms with Gasteiger partial charge in [-0.05, 0) is 32.1 Å². The van der Waals surface area contributed by atoms with Crippen molar-refractivity contribution in [1.82, 2.24) is 0 Å². The molecule has 0 atom stereocenters. The van der Waals surface area contributed by atoms with Gasteiger partial charge in [-0.25, -0.2) is 4.18 Å². The van der Waals surface area contributed by atoms with E-state index >= 15 is 0 Å². The first-order chi connectivity index (χ1) is 45.8. The topological polar surface area (TPSA) is 237 Å². The van der Waals surface area contributed by atoms with Crippen LogP contribution in [-0.2, 0) is 68.0 Å². The zero-order valence-electron chi connectivity index (χ0n) is 62.2. The minimum absolute atomic E-state index is 0.126. The van der Waals surface area contributed by atoms with Crippen LogP contribution in [0, 0.1) is 16.2 Å². The zero-order valence-corrected chi connectivity index (χ0v) is 64.6. The van der Waals surface area contributed by atoms with E-state index in [0.29, 0.717) is 39.5 Å². The number of hydrogen-bond acceptors (Lipinski definition) is 14. The van der Waals surface area contributed by atoms with Crippen molar-refractivity contribution in [3.8, 4) is 0 Å². The van der Waals surface area contributed by atoms with Gasteiger partial charge in [-0.1, -0.05) is 324 Å². The predicted molar refractivity (Wildman–Crippen MR) is 393 cm³/mol. The van der Waals surface area contributed by atoms with Crippen molar-refractivity contribution in [3.05, 3.63) is 0 Å². The molecule has 17 nitrogen and oxygen atoms in total. The Kier molecular flexibility index (Phi) is 65.0. The number of ether oxygens (including phenoxy) is 7. The molecular weight excluding hydrogens is 1270 g/mol. The number of unbranched alkanes of at least 4 members (excludes halogenated alkanes) is 45. The summed E-state index contributed by atoms with van der Waals surface area (Å²) >= 11 is 0. The fourth-order valence-electron chi connectivity index (χ4n) is 12.6. The summed E-state index contributed by atoms with van der Waals surface area (Å²) in [4.78, 5) is 0. The Morgan fingerprint density at radius 1 is 0.211 bits per heavy atom. The van der Waals surface area contributed by atoms with Crippen LogP contribution in [-0.4, -0.2) is 150 Å². The van der Waals surface area contributed by atoms with Gasteiger partial charge in [0.25, 0.3) is 20.2 Å². The van der Waals surface area contributed by atoms with E-state index in [9.17, 15) is 38.9 Å². The maximum Gasteiger partial charge on any atom is 0.397 e. The van der Waals surface area contributed by atoms with E-state index < -0.39 is 65.0 Å². The first-order valence-electron chi connectivity index (χ1n) is 39.4. The first kappa shape index (κ1) is 94.4. The van der Waals surface area contributed by atoms with E-state index in [1.807, 2.05) is 0 Å². The zero-order chi connectivity index (χ0) is 70.0. The van der Waals surface area contributed by atoms with Crippen LogP contribution in [0.25, 0.3) is 0 Å². The van der Waals surface area contributed by atoms with E-state index in [0.717, 1.165) is 128 Å². The SMILES string of the molecule is CCCCCCCCCCCCOCC(COCC(COCCCCCCCCCCCC)(COCCCCCCCCCCCC)CS(=O)(=O)O)(COCC(COCCCCCCCCCCCC)(COCCCCCCCCCCCC)CS(=O)(=O)O)COS(=O)(=O)O. The van der Waals surface area contributed by atoms with Gasteiger partial charge in [-0.2, -0.15) is 25.3 Å². The monoisotopic (exact) mass is 1420 g/mol. The molecule has 0 radical (unpaired) electrons. The normalized spacial score (nSPS) is 12.9. The van der Waals surface area contributed by atoms with Crippen LogP contribution >= 0.6 is 0 Å². The van der Waals surface area contributed by atoms with Crippen molar-refractivity contribution in [2.24, 2.45) is 16.2 Å². The van der Waals surface area contributed by atoms with Crippen molar-refractivity contribution in [1.29, 1.82) is 0 Å². The Labute approximate surface area is 586 Å². The molecule has 0 rings (SSSR count). The van der Waals surface area contributed by atoms with E-state index in [1.54, 1.807) is 0 Å². The first-order valence-corrected chi connectivity index (χ1v) is 44.0. The van der Waals surface area contributed by atoms with Gasteiger partial charge in [0.2, 0.25) is 0 Å². The second-order valence-corrected chi connectivity index (χ2v) is 32.8. The summed E-state index contributed by atoms with van der Waals surface area (Å²) in [6.45, 7) is 10.0. The molecule has 0 aromatic carbocycles. The highest BCUT2D eigenvalue weighted by molar-refractivity contribution is 7.86. The van der Waals surface area contributed by atoms with E-state index in [4.69, 9.17) is 37.3 Å². The molecule has 0 bridgehead atoms. The number of hydrogen-bond donors (Lipinski definition) is 3. The van der Waals surface area contributed by atoms with Crippen molar-refractivity contribution in [3.63, 3.8) is 0 Å². The molecule has 0 saturated heterocycles. The molecule has 0 saturated carbocycles. The van der Waals surface area contributed by atoms with E-state index in [2.05, 4.69) is 34.6 Å². The van der Waals surface area contributed by atoms with Gasteiger partial charge in [0.05, 0.1) is 93.8 Å². The maximum absolute atomic E-state index is 13.1. The molecule has 572 valence electrons. The minimum Gasteiger partial charge on any atom is -0.381 e. The molecule has 0 aromatic rings. The predicted octanol–water partition coefficient (Wildman–Crippen LogP) is 20.3. The van der Waals surface area contributed by atoms with Crippen LogP contribution in [0.2, 0.25) is 0 Å². The van der Waals surface area contributed by atoms with E-state index in [-0.39, 0.29) is 59.5 Å². The lowest BCUT2D eigenvalue weighted by Crippen LogP contribution is -2.48. The molecule has 0 amide bonds. The van der Waals surface area contributed by atoms with Gasteiger partial charge in [-0.3, -0.25) is 13.7 Å². The maximum atomic E-state index is 13.1. The molecule has 0 aliphatic heterocycles. The highest BCUT2D eigenvalue weighted by atomic mass is 32.3. The Balaban J connectivity index is 7.02. The Hall–Kier alpha value is -0.590. The molecule has 0 fully saturated rings. The van der Waals surface area contributed by atoms with Crippen molar-refractivity contribution in [2.75, 3.05) is 111 Å². The second kappa shape index (κ2) is 65.4. The van der Waals surface area contributed by atoms with Gasteiger partial charge in [0, 0.05) is 33.0 Å². The Morgan fingerprint density at radius 2 is 0.368 bits per heavy atom. The van der Waals surface area contributed by atoms with Crippen LogP contribution in [0.3, 0.4) is 0 Å². The largest absolute Gasteiger partial charge is 0.397 e. The van der Waals surface area contributed by atoms with Crippen molar-refractivity contribution in [2.45, 2.75) is 356 Å². The Bertz CT molecular complexity index is 1800. The van der Waals surface area contributed by atoms with Crippen LogP contribution in [0.1, 0.15) is 356 Å². The molecular formula is C75H152O17S3. The minimum atomic E-state index is -5.06. The third-order valence-corrected chi connectivity index (χ3v) is 20.7. The summed E-state index contributed by atoms with van der Waals surface area (Å²) in [5.74, 6) is -1.49. The smallest absolute Gasteiger partial charge is 0.381 e. The molecule has 0 aliphatic carbocycles. The highest BCUT2D eigenvalue weighted by Crippen LogP contribution is 2.30. The molecule has 95 heavy (non-hydrogen) atoms. The lowest BCUT2D eigenvalue weighted by atomic mass is 9.90. The molecule has 0 aliphatic rings. The molecule has 0 unspecified atom stereocenters. The van der Waals surface area contributed by atoms with E-state index in [1.165, 1.54) is 186 Å². The van der Waals surface area contributed by atoms with Gasteiger partial charge in [-0.15, -0.1) is 0 Å². The van der Waals surface area contributed by atoms with Crippen LogP contribution in [0.4, 0.5) is 0 Å². The molecule has 0 spiro atoms. The summed E-state index contributed by atoms with van der Waals surface area (Å²) in [7, 11) is -14.4. The average Bonchev–Trinajstić information content (AvgIpc) is 0.925. The third-order valence-electron chi connectivity index (χ3n) is 18.4. The van der Waals surface area contributed by atoms with Gasteiger partial charge in [0.1, 0.15) is 0 Å². The second-order valence-electron chi connectivity index (χ2n) is 28.8. The van der Waals surface area contributed by atoms with Gasteiger partial charge in [0.15, 0.2) is 0 Å². The number of rotatable bonds is 80. The molecule has 3 N–H and O–H groups in total. The lowest BCUT2D eigenvalue weighted by Gasteiger charge is -2.37. The summed E-state index contributed by atoms with van der Waals surface area (Å²) < 4.78 is 159. The summed E-state index contributed by atoms with van der Waals surface area (Å²) in [6.07, 6.45) is 56.4. The highest BCUT2D eigenvalue weighted by Gasteiger charge is 2.42. The van der Waals surface area contributed by atoms with Gasteiger partial charge < -0.3 is 33.2 Å². The summed E-state index contributed by atoms with van der Waals surface area (Å²) in [5.41, 5.74) is -4.36. The molecule has 0 heterocycles. The lowest BCUT2D eigenvalue weighted by molar-refractivity contribution is -0.129. The third kappa shape index (κ3) is 65.2. The quantitative estimate of drug-likeness (QED) is 0.0379. The van der Waals surface area contributed by atoms with Crippen LogP contribution in [0.5, 0.6) is 0 Å². The standard InChI is InChI=1S/C75H152O17S3/c1-6-11-16-21-26-31-36-41-46-51-56-85-61-73(70-92-95(82,83)84,62-90-68-74(71-93(76,77)78,64-86-57-52-47-42-37-32-27-22-17-12-7-2)65-87-58-53-48-43-38-33-28-23-18-13-8-3)63-91-69-75(72-94(79,80)81,66-88-59-54-49-44-39-34-29-24-19-14-9-4)67-89-60-55-50-45-40-35-30-25-20-15-10-5/h6-72H2,1-5H3,(H,76,77,78)(H,79,80,81)(H,82,83,84). The fraction of sp³-hybridized carbons (Fsp3) is 1.00. The Morgan fingerprint density at radius 3 is 0.547 bits per heavy atom. The van der Waals surface area contributed by atoms with Crippen LogP contribution in [0.15, 0.2) is 0 Å².